The zero-order chi connectivity index (χ0) is 17.3. The summed E-state index contributed by atoms with van der Waals surface area (Å²) < 4.78 is 0. The molecule has 1 aliphatic heterocycles. The van der Waals surface area contributed by atoms with E-state index >= 15 is 0 Å². The minimum Gasteiger partial charge on any atom is -0.394 e. The summed E-state index contributed by atoms with van der Waals surface area (Å²) in [6, 6.07) is 8.34. The monoisotopic (exact) mass is 325 g/mol. The molecule has 1 aliphatic rings. The summed E-state index contributed by atoms with van der Waals surface area (Å²) in [6.45, 7) is 4.83. The van der Waals surface area contributed by atoms with Crippen molar-refractivity contribution in [2.75, 3.05) is 13.1 Å². The molecule has 1 aromatic heterocycles. The number of H-pyrrole nitrogens is 1. The van der Waals surface area contributed by atoms with Crippen molar-refractivity contribution in [3.63, 3.8) is 0 Å². The number of allylic oxidation sites excluding steroid dienone is 1. The van der Waals surface area contributed by atoms with Crippen molar-refractivity contribution >= 4 is 22.6 Å². The Balaban J connectivity index is 1.74. The highest BCUT2D eigenvalue weighted by molar-refractivity contribution is 6.00. The van der Waals surface area contributed by atoms with Crippen LogP contribution in [-0.4, -0.2) is 34.7 Å². The molecule has 0 aliphatic carbocycles. The molecule has 5 nitrogen and oxygen atoms in total. The van der Waals surface area contributed by atoms with Gasteiger partial charge in [-0.1, -0.05) is 18.2 Å². The first-order valence-corrected chi connectivity index (χ1v) is 8.31. The second-order valence-electron chi connectivity index (χ2n) is 6.49. The third-order valence-electron chi connectivity index (χ3n) is 4.74. The van der Waals surface area contributed by atoms with E-state index in [1.165, 1.54) is 29.6 Å². The van der Waals surface area contributed by atoms with E-state index in [0.29, 0.717) is 19.0 Å². The van der Waals surface area contributed by atoms with Gasteiger partial charge in [-0.3, -0.25) is 9.59 Å². The zero-order valence-corrected chi connectivity index (χ0v) is 14.1. The maximum Gasteiger partial charge on any atom is 0.269 e. The number of hydrogen-bond acceptors (Lipinski definition) is 3. The predicted octanol–water partition coefficient (Wildman–Crippen LogP) is 2.61. The topological polar surface area (TPSA) is 79.2 Å². The average Bonchev–Trinajstić information content (AvgIpc) is 2.89. The van der Waals surface area contributed by atoms with Crippen molar-refractivity contribution in [3.8, 4) is 0 Å². The number of para-hydroxylation sites is 1. The van der Waals surface area contributed by atoms with E-state index in [1.54, 1.807) is 4.90 Å². The highest BCUT2D eigenvalue weighted by Crippen LogP contribution is 2.35. The SMILES string of the molecule is CC(=O)C=C(N)C(=O)N1CCC(c2c(C)[nH]c3ccccc23)CC1. The highest BCUT2D eigenvalue weighted by Gasteiger charge is 2.27. The maximum absolute atomic E-state index is 12.3. The van der Waals surface area contributed by atoms with Crippen LogP contribution in [0.2, 0.25) is 0 Å². The lowest BCUT2D eigenvalue weighted by atomic mass is 9.87. The molecular formula is C19H23N3O2. The number of nitrogens with zero attached hydrogens (tertiary/aromatic N) is 1. The van der Waals surface area contributed by atoms with Gasteiger partial charge in [0, 0.05) is 35.8 Å². The number of carbonyl (C=O) groups is 2. The number of aryl methyl sites for hydroxylation is 1. The van der Waals surface area contributed by atoms with Crippen molar-refractivity contribution in [1.29, 1.82) is 0 Å². The van der Waals surface area contributed by atoms with Gasteiger partial charge in [-0.2, -0.15) is 0 Å². The molecule has 1 saturated heterocycles. The van der Waals surface area contributed by atoms with Gasteiger partial charge in [0.05, 0.1) is 0 Å². The Kier molecular flexibility index (Phi) is 4.42. The molecule has 3 rings (SSSR count). The van der Waals surface area contributed by atoms with E-state index in [4.69, 9.17) is 5.73 Å². The largest absolute Gasteiger partial charge is 0.394 e. The first kappa shape index (κ1) is 16.3. The van der Waals surface area contributed by atoms with E-state index in [2.05, 4.69) is 30.1 Å². The van der Waals surface area contributed by atoms with E-state index in [1.807, 2.05) is 6.07 Å². The van der Waals surface area contributed by atoms with Crippen molar-refractivity contribution in [2.24, 2.45) is 5.73 Å². The molecule has 2 aromatic rings. The highest BCUT2D eigenvalue weighted by atomic mass is 16.2. The van der Waals surface area contributed by atoms with Crippen LogP contribution in [0.1, 0.15) is 36.9 Å². The number of rotatable bonds is 3. The lowest BCUT2D eigenvalue weighted by Gasteiger charge is -2.32. The summed E-state index contributed by atoms with van der Waals surface area (Å²) in [4.78, 5) is 28.6. The summed E-state index contributed by atoms with van der Waals surface area (Å²) in [6.07, 6.45) is 3.02. The molecule has 0 saturated carbocycles. The minimum absolute atomic E-state index is 0.0317. The quantitative estimate of drug-likeness (QED) is 0.851. The Morgan fingerprint density at radius 2 is 1.92 bits per heavy atom. The second-order valence-corrected chi connectivity index (χ2v) is 6.49. The molecule has 0 unspecified atom stereocenters. The standard InChI is InChI=1S/C19H23N3O2/c1-12(23)11-16(20)19(24)22-9-7-14(8-10-22)18-13(2)21-17-6-4-3-5-15(17)18/h3-6,11,14,21H,7-10,20H2,1-2H3. The van der Waals surface area contributed by atoms with E-state index in [9.17, 15) is 9.59 Å². The molecule has 1 aromatic carbocycles. The van der Waals surface area contributed by atoms with Crippen molar-refractivity contribution < 1.29 is 9.59 Å². The molecule has 0 atom stereocenters. The van der Waals surface area contributed by atoms with Gasteiger partial charge >= 0.3 is 0 Å². The number of carbonyl (C=O) groups excluding carboxylic acids is 2. The number of aromatic amines is 1. The molecule has 24 heavy (non-hydrogen) atoms. The Labute approximate surface area is 141 Å². The van der Waals surface area contributed by atoms with Crippen LogP contribution in [0, 0.1) is 6.92 Å². The summed E-state index contributed by atoms with van der Waals surface area (Å²) in [5, 5.41) is 1.27. The molecule has 5 heteroatoms. The molecule has 2 heterocycles. The van der Waals surface area contributed by atoms with Gasteiger partial charge in [0.2, 0.25) is 0 Å². The van der Waals surface area contributed by atoms with Crippen LogP contribution in [-0.2, 0) is 9.59 Å². The van der Waals surface area contributed by atoms with Crippen molar-refractivity contribution in [3.05, 3.63) is 47.3 Å². The number of amides is 1. The Morgan fingerprint density at radius 3 is 2.58 bits per heavy atom. The molecule has 0 radical (unpaired) electrons. The van der Waals surface area contributed by atoms with Crippen LogP contribution in [0.15, 0.2) is 36.0 Å². The second kappa shape index (κ2) is 6.51. The van der Waals surface area contributed by atoms with Gasteiger partial charge in [0.25, 0.3) is 5.91 Å². The average molecular weight is 325 g/mol. The predicted molar refractivity (Wildman–Crippen MR) is 94.5 cm³/mol. The summed E-state index contributed by atoms with van der Waals surface area (Å²) in [7, 11) is 0. The molecule has 0 bridgehead atoms. The normalized spacial score (nSPS) is 16.6. The number of nitrogens with two attached hydrogens (primary N) is 1. The van der Waals surface area contributed by atoms with Gasteiger partial charge in [-0.05, 0) is 44.2 Å². The van der Waals surface area contributed by atoms with Gasteiger partial charge in [-0.15, -0.1) is 0 Å². The number of benzene rings is 1. The van der Waals surface area contributed by atoms with E-state index < -0.39 is 0 Å². The van der Waals surface area contributed by atoms with Gasteiger partial charge in [-0.25, -0.2) is 0 Å². The first-order valence-electron chi connectivity index (χ1n) is 8.31. The number of fused-ring (bicyclic) bond motifs is 1. The Bertz CT molecular complexity index is 811. The minimum atomic E-state index is -0.237. The molecular weight excluding hydrogens is 302 g/mol. The van der Waals surface area contributed by atoms with Crippen LogP contribution in [0.4, 0.5) is 0 Å². The number of nitrogens with one attached hydrogen (secondary N) is 1. The number of piperidine rings is 1. The number of ketones is 1. The Morgan fingerprint density at radius 1 is 1.25 bits per heavy atom. The molecule has 3 N–H and O–H groups in total. The molecule has 126 valence electrons. The fourth-order valence-corrected chi connectivity index (χ4v) is 3.66. The fourth-order valence-electron chi connectivity index (χ4n) is 3.66. The third kappa shape index (κ3) is 3.07. The van der Waals surface area contributed by atoms with Gasteiger partial charge in [0.15, 0.2) is 5.78 Å². The lowest BCUT2D eigenvalue weighted by Crippen LogP contribution is -2.40. The Hall–Kier alpha value is -2.56. The molecule has 1 amide bonds. The molecule has 0 spiro atoms. The van der Waals surface area contributed by atoms with Crippen molar-refractivity contribution in [1.82, 2.24) is 9.88 Å². The maximum atomic E-state index is 12.3. The van der Waals surface area contributed by atoms with Crippen LogP contribution < -0.4 is 5.73 Å². The first-order chi connectivity index (χ1) is 11.5. The van der Waals surface area contributed by atoms with Crippen LogP contribution in [0.25, 0.3) is 10.9 Å². The fraction of sp³-hybridized carbons (Fsp3) is 0.368. The van der Waals surface area contributed by atoms with E-state index in [-0.39, 0.29) is 17.4 Å². The van der Waals surface area contributed by atoms with Gasteiger partial charge in [0.1, 0.15) is 5.70 Å². The van der Waals surface area contributed by atoms with Gasteiger partial charge < -0.3 is 15.6 Å². The number of aromatic nitrogens is 1. The molecule has 1 fully saturated rings. The zero-order valence-electron chi connectivity index (χ0n) is 14.1. The van der Waals surface area contributed by atoms with Crippen LogP contribution in [0.5, 0.6) is 0 Å². The summed E-state index contributed by atoms with van der Waals surface area (Å²) in [5.74, 6) is -0.00679. The number of hydrogen-bond donors (Lipinski definition) is 2. The van der Waals surface area contributed by atoms with Crippen molar-refractivity contribution in [2.45, 2.75) is 32.6 Å². The van der Waals surface area contributed by atoms with Crippen LogP contribution in [0.3, 0.4) is 0 Å². The van der Waals surface area contributed by atoms with E-state index in [0.717, 1.165) is 18.4 Å². The lowest BCUT2D eigenvalue weighted by molar-refractivity contribution is -0.128. The third-order valence-corrected chi connectivity index (χ3v) is 4.74. The number of likely N-dealkylation sites (tertiary alicyclic amines) is 1. The smallest absolute Gasteiger partial charge is 0.269 e. The summed E-state index contributed by atoms with van der Waals surface area (Å²) >= 11 is 0. The van der Waals surface area contributed by atoms with Crippen LogP contribution >= 0.6 is 0 Å². The summed E-state index contributed by atoms with van der Waals surface area (Å²) in [5.41, 5.74) is 9.49.